The highest BCUT2D eigenvalue weighted by molar-refractivity contribution is 6.31. The van der Waals surface area contributed by atoms with Crippen LogP contribution in [0.2, 0.25) is 5.02 Å². The average molecular weight is 271 g/mol. The third kappa shape index (κ3) is 3.83. The van der Waals surface area contributed by atoms with Gasteiger partial charge in [-0.3, -0.25) is 0 Å². The van der Waals surface area contributed by atoms with Crippen LogP contribution in [0.1, 0.15) is 25.3 Å². The maximum atomic E-state index is 6.10. The first-order valence-electron chi connectivity index (χ1n) is 6.39. The second-order valence-corrected chi connectivity index (χ2v) is 4.73. The lowest BCUT2D eigenvalue weighted by Crippen LogP contribution is -2.26. The molecule has 0 bridgehead atoms. The van der Waals surface area contributed by atoms with Crippen LogP contribution in [0.3, 0.4) is 0 Å². The normalized spacial score (nSPS) is 16.8. The summed E-state index contributed by atoms with van der Waals surface area (Å²) in [6.45, 7) is 5.25. The number of nitrogens with one attached hydrogen (secondary N) is 1. The van der Waals surface area contributed by atoms with E-state index >= 15 is 0 Å². The van der Waals surface area contributed by atoms with Gasteiger partial charge in [-0.1, -0.05) is 18.5 Å². The van der Waals surface area contributed by atoms with Crippen molar-refractivity contribution in [1.29, 1.82) is 0 Å². The first-order chi connectivity index (χ1) is 8.79. The highest BCUT2D eigenvalue weighted by atomic mass is 35.5. The molecule has 0 aliphatic carbocycles. The summed E-state index contributed by atoms with van der Waals surface area (Å²) in [6, 6.07) is 1.92. The summed E-state index contributed by atoms with van der Waals surface area (Å²) in [5, 5.41) is 3.92. The van der Waals surface area contributed by atoms with E-state index in [1.807, 2.05) is 6.07 Å². The number of nitrogens with zero attached hydrogens (tertiary/aromatic N) is 1. The van der Waals surface area contributed by atoms with E-state index in [1.54, 1.807) is 6.20 Å². The quantitative estimate of drug-likeness (QED) is 0.892. The lowest BCUT2D eigenvalue weighted by Gasteiger charge is -2.23. The fraction of sp³-hybridized carbons (Fsp3) is 0.615. The van der Waals surface area contributed by atoms with Crippen molar-refractivity contribution in [1.82, 2.24) is 10.3 Å². The van der Waals surface area contributed by atoms with Crippen LogP contribution in [-0.2, 0) is 11.3 Å². The molecule has 0 radical (unpaired) electrons. The van der Waals surface area contributed by atoms with Crippen molar-refractivity contribution in [2.24, 2.45) is 0 Å². The highest BCUT2D eigenvalue weighted by Gasteiger charge is 2.16. The fourth-order valence-electron chi connectivity index (χ4n) is 1.88. The summed E-state index contributed by atoms with van der Waals surface area (Å²) in [5.74, 6) is 0.652. The van der Waals surface area contributed by atoms with Crippen molar-refractivity contribution in [3.05, 3.63) is 22.8 Å². The number of ether oxygens (including phenoxy) is 2. The van der Waals surface area contributed by atoms with Crippen molar-refractivity contribution in [3.63, 3.8) is 0 Å². The molecule has 0 atom stereocenters. The zero-order valence-corrected chi connectivity index (χ0v) is 11.4. The van der Waals surface area contributed by atoms with Crippen molar-refractivity contribution < 1.29 is 9.47 Å². The van der Waals surface area contributed by atoms with Gasteiger partial charge in [-0.15, -0.1) is 0 Å². The minimum atomic E-state index is 0.208. The second-order valence-electron chi connectivity index (χ2n) is 4.32. The van der Waals surface area contributed by atoms with E-state index in [-0.39, 0.29) is 6.10 Å². The van der Waals surface area contributed by atoms with Crippen LogP contribution in [-0.4, -0.2) is 30.8 Å². The van der Waals surface area contributed by atoms with Gasteiger partial charge in [0.2, 0.25) is 5.88 Å². The Labute approximate surface area is 113 Å². The molecule has 0 spiro atoms. The summed E-state index contributed by atoms with van der Waals surface area (Å²) in [6.07, 6.45) is 3.71. The van der Waals surface area contributed by atoms with Crippen molar-refractivity contribution in [3.8, 4) is 5.88 Å². The maximum Gasteiger partial charge on any atom is 0.213 e. The van der Waals surface area contributed by atoms with E-state index in [1.165, 1.54) is 0 Å². The molecular weight excluding hydrogens is 252 g/mol. The molecule has 1 N–H and O–H groups in total. The van der Waals surface area contributed by atoms with Crippen LogP contribution in [0, 0.1) is 0 Å². The molecule has 2 heterocycles. The summed E-state index contributed by atoms with van der Waals surface area (Å²) < 4.78 is 11.2. The van der Waals surface area contributed by atoms with Crippen molar-refractivity contribution in [2.75, 3.05) is 19.8 Å². The summed E-state index contributed by atoms with van der Waals surface area (Å²) in [7, 11) is 0. The van der Waals surface area contributed by atoms with Gasteiger partial charge in [0.15, 0.2) is 0 Å². The molecule has 4 nitrogen and oxygen atoms in total. The van der Waals surface area contributed by atoms with E-state index in [2.05, 4.69) is 17.2 Å². The Kier molecular flexibility index (Phi) is 5.23. The molecule has 0 saturated carbocycles. The van der Waals surface area contributed by atoms with Crippen molar-refractivity contribution >= 4 is 11.6 Å². The lowest BCUT2D eigenvalue weighted by atomic mass is 10.1. The molecule has 1 aliphatic rings. The number of hydrogen-bond donors (Lipinski definition) is 1. The Morgan fingerprint density at radius 1 is 1.50 bits per heavy atom. The molecule has 2 rings (SSSR count). The summed E-state index contributed by atoms with van der Waals surface area (Å²) in [4.78, 5) is 4.22. The molecule has 1 saturated heterocycles. The molecule has 18 heavy (non-hydrogen) atoms. The Morgan fingerprint density at radius 2 is 2.28 bits per heavy atom. The van der Waals surface area contributed by atoms with E-state index in [9.17, 15) is 0 Å². The maximum absolute atomic E-state index is 6.10. The SMILES string of the molecule is CCNCc1cc(OC2CCOCC2)ncc1Cl. The Hall–Kier alpha value is -0.840. The zero-order chi connectivity index (χ0) is 12.8. The number of hydrogen-bond acceptors (Lipinski definition) is 4. The first-order valence-corrected chi connectivity index (χ1v) is 6.77. The molecular formula is C13H19ClN2O2. The fourth-order valence-corrected chi connectivity index (χ4v) is 2.05. The van der Waals surface area contributed by atoms with Gasteiger partial charge in [0, 0.05) is 31.6 Å². The topological polar surface area (TPSA) is 43.4 Å². The molecule has 1 aromatic rings. The monoisotopic (exact) mass is 270 g/mol. The largest absolute Gasteiger partial charge is 0.474 e. The van der Waals surface area contributed by atoms with E-state index in [0.29, 0.717) is 10.9 Å². The van der Waals surface area contributed by atoms with E-state index in [4.69, 9.17) is 21.1 Å². The lowest BCUT2D eigenvalue weighted by molar-refractivity contribution is 0.0237. The van der Waals surface area contributed by atoms with Gasteiger partial charge in [-0.25, -0.2) is 4.98 Å². The van der Waals surface area contributed by atoms with Gasteiger partial charge in [-0.05, 0) is 12.1 Å². The molecule has 1 aliphatic heterocycles. The van der Waals surface area contributed by atoms with Crippen LogP contribution >= 0.6 is 11.6 Å². The van der Waals surface area contributed by atoms with Gasteiger partial charge < -0.3 is 14.8 Å². The van der Waals surface area contributed by atoms with Gasteiger partial charge in [0.25, 0.3) is 0 Å². The van der Waals surface area contributed by atoms with E-state index < -0.39 is 0 Å². The Morgan fingerprint density at radius 3 is 3.00 bits per heavy atom. The van der Waals surface area contributed by atoms with Crippen LogP contribution < -0.4 is 10.1 Å². The summed E-state index contributed by atoms with van der Waals surface area (Å²) in [5.41, 5.74) is 1.02. The van der Waals surface area contributed by atoms with Crippen molar-refractivity contribution in [2.45, 2.75) is 32.4 Å². The minimum absolute atomic E-state index is 0.208. The van der Waals surface area contributed by atoms with Crippen LogP contribution in [0.15, 0.2) is 12.3 Å². The number of pyridine rings is 1. The average Bonchev–Trinajstić information content (AvgIpc) is 2.40. The molecule has 100 valence electrons. The second kappa shape index (κ2) is 6.92. The van der Waals surface area contributed by atoms with Gasteiger partial charge in [0.05, 0.1) is 18.2 Å². The summed E-state index contributed by atoms with van der Waals surface area (Å²) >= 11 is 6.10. The van der Waals surface area contributed by atoms with Crippen LogP contribution in [0.25, 0.3) is 0 Å². The van der Waals surface area contributed by atoms with Gasteiger partial charge in [0.1, 0.15) is 6.10 Å². The third-order valence-corrected chi connectivity index (χ3v) is 3.27. The van der Waals surface area contributed by atoms with E-state index in [0.717, 1.165) is 44.7 Å². The predicted molar refractivity (Wildman–Crippen MR) is 71.1 cm³/mol. The molecule has 0 unspecified atom stereocenters. The standard InChI is InChI=1S/C13H19ClN2O2/c1-2-15-8-10-7-13(16-9-12(10)14)18-11-3-5-17-6-4-11/h7,9,11,15H,2-6,8H2,1H3. The molecule has 1 fully saturated rings. The number of halogens is 1. The number of aromatic nitrogens is 1. The molecule has 1 aromatic heterocycles. The highest BCUT2D eigenvalue weighted by Crippen LogP contribution is 2.21. The Balaban J connectivity index is 1.99. The van der Waals surface area contributed by atoms with Gasteiger partial charge in [-0.2, -0.15) is 0 Å². The first kappa shape index (κ1) is 13.6. The number of rotatable bonds is 5. The predicted octanol–water partition coefficient (Wildman–Crippen LogP) is 2.40. The third-order valence-electron chi connectivity index (χ3n) is 2.93. The van der Waals surface area contributed by atoms with Crippen LogP contribution in [0.5, 0.6) is 5.88 Å². The minimum Gasteiger partial charge on any atom is -0.474 e. The molecule has 0 amide bonds. The molecule has 5 heteroatoms. The van der Waals surface area contributed by atoms with Gasteiger partial charge >= 0.3 is 0 Å². The Bertz CT molecular complexity index is 381. The zero-order valence-electron chi connectivity index (χ0n) is 10.6. The van der Waals surface area contributed by atoms with Crippen LogP contribution in [0.4, 0.5) is 0 Å². The molecule has 0 aromatic carbocycles. The smallest absolute Gasteiger partial charge is 0.213 e.